The molecule has 0 radical (unpaired) electrons. The average Bonchev–Trinajstić information content (AvgIpc) is 3.63. The van der Waals surface area contributed by atoms with Crippen molar-refractivity contribution in [1.82, 2.24) is 24.9 Å². The van der Waals surface area contributed by atoms with Crippen molar-refractivity contribution in [1.29, 1.82) is 0 Å². The first-order valence-electron chi connectivity index (χ1n) is 13.6. The largest absolute Gasteiger partial charge is 0.387 e. The van der Waals surface area contributed by atoms with Crippen LogP contribution in [0.5, 0.6) is 0 Å². The van der Waals surface area contributed by atoms with Crippen molar-refractivity contribution in [2.45, 2.75) is 51.5 Å². The molecule has 214 valence electrons. The van der Waals surface area contributed by atoms with Crippen molar-refractivity contribution in [3.05, 3.63) is 51.9 Å². The Kier molecular flexibility index (Phi) is 9.36. The van der Waals surface area contributed by atoms with Crippen molar-refractivity contribution in [2.75, 3.05) is 39.0 Å². The quantitative estimate of drug-likeness (QED) is 0.275. The van der Waals surface area contributed by atoms with Gasteiger partial charge in [-0.15, -0.1) is 11.3 Å². The zero-order valence-electron chi connectivity index (χ0n) is 23.8. The molecule has 40 heavy (non-hydrogen) atoms. The van der Waals surface area contributed by atoms with Gasteiger partial charge in [-0.05, 0) is 64.3 Å². The Morgan fingerprint density at radius 3 is 2.70 bits per heavy atom. The second-order valence-corrected chi connectivity index (χ2v) is 12.2. The van der Waals surface area contributed by atoms with Crippen molar-refractivity contribution in [2.24, 2.45) is 5.92 Å². The molecule has 2 unspecified atom stereocenters. The first-order chi connectivity index (χ1) is 19.1. The number of carbonyl (C=O) groups excluding carboxylic acids is 2. The fourth-order valence-electron chi connectivity index (χ4n) is 5.08. The standard InChI is InChI=1S/C14H18N2S.C8H13NO2.C7H7N3O2/c1-14(2)8-10(9-16(14)3)13-15-11-6-4-5-7-12(11)17-13;1-7-3-2-4-9(5-7)8(11)6-10;1-8-4-2-5-6(11)10-12-7(5)9-3-4/h4-7,10H,8-9H2,1-3H3;6-7H,2-5H2,1H3;2-3,8H,1H3,(H,10,11). The van der Waals surface area contributed by atoms with Gasteiger partial charge in [0, 0.05) is 38.1 Å². The van der Waals surface area contributed by atoms with E-state index < -0.39 is 0 Å². The number of rotatable bonds is 3. The van der Waals surface area contributed by atoms with Gasteiger partial charge in [0.25, 0.3) is 17.2 Å². The predicted octanol–water partition coefficient (Wildman–Crippen LogP) is 4.50. The fraction of sp³-hybridized carbons (Fsp3) is 0.483. The highest BCUT2D eigenvalue weighted by molar-refractivity contribution is 7.18. The van der Waals surface area contributed by atoms with Crippen LogP contribution < -0.4 is 10.9 Å². The lowest BCUT2D eigenvalue weighted by atomic mass is 9.97. The van der Waals surface area contributed by atoms with E-state index >= 15 is 0 Å². The number of aromatic nitrogens is 3. The minimum absolute atomic E-state index is 0.255. The molecule has 2 N–H and O–H groups in total. The number of thiazole rings is 1. The molecule has 3 aromatic heterocycles. The summed E-state index contributed by atoms with van der Waals surface area (Å²) in [7, 11) is 3.98. The Morgan fingerprint density at radius 2 is 2.05 bits per heavy atom. The van der Waals surface area contributed by atoms with Crippen LogP contribution in [0, 0.1) is 5.92 Å². The maximum absolute atomic E-state index is 11.0. The van der Waals surface area contributed by atoms with Gasteiger partial charge in [-0.2, -0.15) is 5.16 Å². The lowest BCUT2D eigenvalue weighted by molar-refractivity contribution is -0.140. The molecule has 0 aliphatic carbocycles. The van der Waals surface area contributed by atoms with E-state index in [1.165, 1.54) is 22.5 Å². The zero-order chi connectivity index (χ0) is 28.9. The minimum atomic E-state index is -0.364. The highest BCUT2D eigenvalue weighted by Crippen LogP contribution is 2.39. The molecular formula is C29H38N6O4S. The summed E-state index contributed by atoms with van der Waals surface area (Å²) in [4.78, 5) is 44.8. The molecular weight excluding hydrogens is 528 g/mol. The van der Waals surface area contributed by atoms with E-state index in [4.69, 9.17) is 9.51 Å². The van der Waals surface area contributed by atoms with Crippen LogP contribution in [0.3, 0.4) is 0 Å². The summed E-state index contributed by atoms with van der Waals surface area (Å²) in [6.07, 6.45) is 5.41. The molecule has 1 aromatic carbocycles. The van der Waals surface area contributed by atoms with Crippen molar-refractivity contribution in [3.8, 4) is 0 Å². The number of aromatic amines is 1. The summed E-state index contributed by atoms with van der Waals surface area (Å²) in [6.45, 7) is 9.37. The number of H-pyrrole nitrogens is 1. The molecule has 2 aliphatic rings. The van der Waals surface area contributed by atoms with E-state index in [-0.39, 0.29) is 11.5 Å². The van der Waals surface area contributed by atoms with Gasteiger partial charge in [0.1, 0.15) is 5.39 Å². The smallest absolute Gasteiger partial charge is 0.289 e. The predicted molar refractivity (Wildman–Crippen MR) is 159 cm³/mol. The van der Waals surface area contributed by atoms with E-state index in [1.54, 1.807) is 24.2 Å². The third-order valence-corrected chi connectivity index (χ3v) is 8.83. The number of aldehydes is 1. The second-order valence-electron chi connectivity index (χ2n) is 11.1. The molecule has 10 nitrogen and oxygen atoms in total. The molecule has 11 heteroatoms. The number of likely N-dealkylation sites (tertiary alicyclic amines) is 2. The number of nitrogens with one attached hydrogen (secondary N) is 2. The molecule has 5 heterocycles. The number of pyridine rings is 1. The number of carbonyl (C=O) groups is 2. The van der Waals surface area contributed by atoms with E-state index in [0.29, 0.717) is 34.8 Å². The summed E-state index contributed by atoms with van der Waals surface area (Å²) in [5.41, 5.74) is 2.32. The Balaban J connectivity index is 0.000000144. The molecule has 1 amide bonds. The van der Waals surface area contributed by atoms with Crippen molar-refractivity contribution >= 4 is 50.5 Å². The normalized spacial score (nSPS) is 20.4. The van der Waals surface area contributed by atoms with Gasteiger partial charge in [0.15, 0.2) is 0 Å². The Morgan fingerprint density at radius 1 is 1.27 bits per heavy atom. The summed E-state index contributed by atoms with van der Waals surface area (Å²) in [5.74, 6) is 0.789. The van der Waals surface area contributed by atoms with Gasteiger partial charge in [0.05, 0.1) is 27.1 Å². The topological polar surface area (TPSA) is 124 Å². The lowest BCUT2D eigenvalue weighted by Gasteiger charge is -2.29. The number of nitrogens with zero attached hydrogens (tertiary/aromatic N) is 4. The Hall–Kier alpha value is -3.57. The lowest BCUT2D eigenvalue weighted by Crippen LogP contribution is -2.39. The molecule has 2 aliphatic heterocycles. The third kappa shape index (κ3) is 6.95. The van der Waals surface area contributed by atoms with Crippen LogP contribution in [0.4, 0.5) is 5.69 Å². The molecule has 0 spiro atoms. The van der Waals surface area contributed by atoms with Crippen molar-refractivity contribution < 1.29 is 14.1 Å². The van der Waals surface area contributed by atoms with Gasteiger partial charge < -0.3 is 19.6 Å². The van der Waals surface area contributed by atoms with Gasteiger partial charge in [-0.3, -0.25) is 14.4 Å². The first-order valence-corrected chi connectivity index (χ1v) is 14.4. The van der Waals surface area contributed by atoms with Crippen LogP contribution in [-0.4, -0.2) is 76.4 Å². The third-order valence-electron chi connectivity index (χ3n) is 7.63. The number of hydrogen-bond acceptors (Lipinski definition) is 9. The van der Waals surface area contributed by atoms with Crippen LogP contribution in [0.25, 0.3) is 21.3 Å². The molecule has 0 saturated carbocycles. The highest BCUT2D eigenvalue weighted by Gasteiger charge is 2.37. The number of likely N-dealkylation sites (N-methyl/N-ethyl adjacent to an activating group) is 1. The van der Waals surface area contributed by atoms with Gasteiger partial charge in [-0.25, -0.2) is 9.97 Å². The molecule has 2 fully saturated rings. The van der Waals surface area contributed by atoms with Gasteiger partial charge >= 0.3 is 0 Å². The Labute approximate surface area is 237 Å². The molecule has 4 aromatic rings. The van der Waals surface area contributed by atoms with E-state index in [2.05, 4.69) is 72.4 Å². The van der Waals surface area contributed by atoms with E-state index in [0.717, 1.165) is 37.3 Å². The van der Waals surface area contributed by atoms with Crippen LogP contribution in [0.2, 0.25) is 0 Å². The number of fused-ring (bicyclic) bond motifs is 2. The number of para-hydroxylation sites is 1. The Bertz CT molecular complexity index is 1480. The van der Waals surface area contributed by atoms with Crippen LogP contribution in [0.1, 0.15) is 51.0 Å². The molecule has 2 atom stereocenters. The summed E-state index contributed by atoms with van der Waals surface area (Å²) >= 11 is 1.86. The second kappa shape index (κ2) is 12.7. The van der Waals surface area contributed by atoms with Crippen molar-refractivity contribution in [3.63, 3.8) is 0 Å². The zero-order valence-corrected chi connectivity index (χ0v) is 24.6. The SMILES string of the molecule is CC1CCCN(C(=O)C=O)C1.CN1CC(c2nc3ccccc3s2)CC1(C)C.CNc1cnc2o[nH]c(=O)c2c1. The number of amides is 1. The maximum Gasteiger partial charge on any atom is 0.289 e. The van der Waals surface area contributed by atoms with Gasteiger partial charge in [0.2, 0.25) is 6.29 Å². The monoisotopic (exact) mass is 566 g/mol. The summed E-state index contributed by atoms with van der Waals surface area (Å²) < 4.78 is 6.09. The molecule has 0 bridgehead atoms. The summed E-state index contributed by atoms with van der Waals surface area (Å²) in [5, 5.41) is 6.86. The fourth-order valence-corrected chi connectivity index (χ4v) is 6.14. The summed E-state index contributed by atoms with van der Waals surface area (Å²) in [6, 6.07) is 10.1. The van der Waals surface area contributed by atoms with Crippen LogP contribution in [-0.2, 0) is 9.59 Å². The van der Waals surface area contributed by atoms with Gasteiger partial charge in [-0.1, -0.05) is 19.1 Å². The highest BCUT2D eigenvalue weighted by atomic mass is 32.1. The molecule has 6 rings (SSSR count). The minimum Gasteiger partial charge on any atom is -0.387 e. The van der Waals surface area contributed by atoms with Crippen LogP contribution >= 0.6 is 11.3 Å². The number of hydrogen-bond donors (Lipinski definition) is 2. The maximum atomic E-state index is 11.0. The van der Waals surface area contributed by atoms with E-state index in [1.807, 2.05) is 11.3 Å². The number of benzene rings is 1. The first kappa shape index (κ1) is 29.4. The molecule has 2 saturated heterocycles. The van der Waals surface area contributed by atoms with E-state index in [9.17, 15) is 14.4 Å². The number of piperidine rings is 1. The number of anilines is 1. The van der Waals surface area contributed by atoms with Crippen LogP contribution in [0.15, 0.2) is 45.8 Å². The average molecular weight is 567 g/mol.